The van der Waals surface area contributed by atoms with Crippen LogP contribution >= 0.6 is 11.8 Å². The van der Waals surface area contributed by atoms with E-state index in [1.165, 1.54) is 0 Å². The lowest BCUT2D eigenvalue weighted by Gasteiger charge is -2.07. The van der Waals surface area contributed by atoms with Gasteiger partial charge in [-0.05, 0) is 5.92 Å². The molecule has 0 radical (unpaired) electrons. The van der Waals surface area contributed by atoms with Crippen molar-refractivity contribution in [1.29, 1.82) is 0 Å². The maximum atomic E-state index is 4.27. The SMILES string of the molecule is CC(C)Cn1ncnc1CSc1ncnn1C. The van der Waals surface area contributed by atoms with Gasteiger partial charge in [0, 0.05) is 13.6 Å². The van der Waals surface area contributed by atoms with Gasteiger partial charge >= 0.3 is 0 Å². The Hall–Kier alpha value is -1.37. The Morgan fingerprint density at radius 2 is 2.00 bits per heavy atom. The molecule has 0 atom stereocenters. The normalized spacial score (nSPS) is 11.3. The number of aromatic nitrogens is 6. The van der Waals surface area contributed by atoms with Gasteiger partial charge in [0.1, 0.15) is 18.5 Å². The summed E-state index contributed by atoms with van der Waals surface area (Å²) < 4.78 is 3.71. The molecule has 6 nitrogen and oxygen atoms in total. The van der Waals surface area contributed by atoms with E-state index < -0.39 is 0 Å². The van der Waals surface area contributed by atoms with Crippen molar-refractivity contribution in [2.24, 2.45) is 13.0 Å². The first-order valence-electron chi connectivity index (χ1n) is 5.50. The van der Waals surface area contributed by atoms with Gasteiger partial charge in [0.2, 0.25) is 0 Å². The number of hydrogen-bond acceptors (Lipinski definition) is 5. The van der Waals surface area contributed by atoms with Crippen LogP contribution in [0.5, 0.6) is 0 Å². The van der Waals surface area contributed by atoms with Gasteiger partial charge in [-0.15, -0.1) is 0 Å². The fourth-order valence-corrected chi connectivity index (χ4v) is 2.28. The van der Waals surface area contributed by atoms with Crippen molar-refractivity contribution >= 4 is 11.8 Å². The van der Waals surface area contributed by atoms with E-state index in [1.54, 1.807) is 29.1 Å². The first kappa shape index (κ1) is 12.1. The molecule has 0 bridgehead atoms. The maximum absolute atomic E-state index is 4.27. The van der Waals surface area contributed by atoms with Gasteiger partial charge < -0.3 is 0 Å². The average Bonchev–Trinajstić information content (AvgIpc) is 2.84. The highest BCUT2D eigenvalue weighted by molar-refractivity contribution is 7.98. The quantitative estimate of drug-likeness (QED) is 0.752. The van der Waals surface area contributed by atoms with Crippen LogP contribution < -0.4 is 0 Å². The molecule has 7 heteroatoms. The van der Waals surface area contributed by atoms with Gasteiger partial charge in [0.15, 0.2) is 5.16 Å². The zero-order valence-electron chi connectivity index (χ0n) is 10.2. The smallest absolute Gasteiger partial charge is 0.186 e. The van der Waals surface area contributed by atoms with Gasteiger partial charge in [-0.2, -0.15) is 10.2 Å². The number of rotatable bonds is 5. The van der Waals surface area contributed by atoms with Crippen molar-refractivity contribution < 1.29 is 0 Å². The molecule has 0 spiro atoms. The summed E-state index contributed by atoms with van der Waals surface area (Å²) in [5.74, 6) is 2.31. The Bertz CT molecular complexity index is 475. The van der Waals surface area contributed by atoms with Crippen LogP contribution in [0.4, 0.5) is 0 Å². The van der Waals surface area contributed by atoms with E-state index in [0.29, 0.717) is 5.92 Å². The molecule has 92 valence electrons. The summed E-state index contributed by atoms with van der Waals surface area (Å²) in [6, 6.07) is 0. The third-order valence-electron chi connectivity index (χ3n) is 2.23. The molecule has 0 fully saturated rings. The number of nitrogens with zero attached hydrogens (tertiary/aromatic N) is 6. The predicted molar refractivity (Wildman–Crippen MR) is 65.4 cm³/mol. The van der Waals surface area contributed by atoms with Gasteiger partial charge in [-0.25, -0.2) is 19.3 Å². The second kappa shape index (κ2) is 5.31. The molecule has 0 saturated heterocycles. The van der Waals surface area contributed by atoms with Crippen molar-refractivity contribution in [1.82, 2.24) is 29.5 Å². The molecule has 2 aromatic heterocycles. The number of aryl methyl sites for hydroxylation is 1. The van der Waals surface area contributed by atoms with Gasteiger partial charge in [0.05, 0.1) is 5.75 Å². The van der Waals surface area contributed by atoms with E-state index in [2.05, 4.69) is 34.0 Å². The molecular weight excluding hydrogens is 236 g/mol. The first-order valence-corrected chi connectivity index (χ1v) is 6.49. The summed E-state index contributed by atoms with van der Waals surface area (Å²) in [7, 11) is 1.88. The molecule has 0 unspecified atom stereocenters. The van der Waals surface area contributed by atoms with Crippen LogP contribution in [0.1, 0.15) is 19.7 Å². The average molecular weight is 252 g/mol. The fourth-order valence-electron chi connectivity index (χ4n) is 1.44. The van der Waals surface area contributed by atoms with Crippen molar-refractivity contribution in [2.45, 2.75) is 31.3 Å². The monoisotopic (exact) mass is 252 g/mol. The van der Waals surface area contributed by atoms with E-state index in [0.717, 1.165) is 23.3 Å². The number of thioether (sulfide) groups is 1. The van der Waals surface area contributed by atoms with Gasteiger partial charge in [0.25, 0.3) is 0 Å². The van der Waals surface area contributed by atoms with E-state index in [4.69, 9.17) is 0 Å². The molecule has 17 heavy (non-hydrogen) atoms. The number of hydrogen-bond donors (Lipinski definition) is 0. The predicted octanol–water partition coefficient (Wildman–Crippen LogP) is 1.35. The Labute approximate surface area is 104 Å². The topological polar surface area (TPSA) is 61.4 Å². The molecule has 0 aliphatic heterocycles. The molecule has 0 aliphatic rings. The Morgan fingerprint density at radius 1 is 1.24 bits per heavy atom. The van der Waals surface area contributed by atoms with Crippen LogP contribution in [0.15, 0.2) is 17.8 Å². The zero-order valence-corrected chi connectivity index (χ0v) is 11.1. The summed E-state index contributed by atoms with van der Waals surface area (Å²) in [5.41, 5.74) is 0. The van der Waals surface area contributed by atoms with Gasteiger partial charge in [-0.3, -0.25) is 0 Å². The van der Waals surface area contributed by atoms with Crippen molar-refractivity contribution in [3.05, 3.63) is 18.5 Å². The van der Waals surface area contributed by atoms with Crippen LogP contribution in [0.25, 0.3) is 0 Å². The van der Waals surface area contributed by atoms with Crippen molar-refractivity contribution in [3.63, 3.8) is 0 Å². The molecule has 0 amide bonds. The van der Waals surface area contributed by atoms with E-state index in [1.807, 2.05) is 11.7 Å². The second-order valence-electron chi connectivity index (χ2n) is 4.21. The zero-order chi connectivity index (χ0) is 12.3. The van der Waals surface area contributed by atoms with Crippen LogP contribution in [0.2, 0.25) is 0 Å². The van der Waals surface area contributed by atoms with E-state index in [-0.39, 0.29) is 0 Å². The summed E-state index contributed by atoms with van der Waals surface area (Å²) in [6.45, 7) is 5.23. The van der Waals surface area contributed by atoms with Crippen LogP contribution in [-0.2, 0) is 19.3 Å². The highest BCUT2D eigenvalue weighted by Crippen LogP contribution is 2.18. The Balaban J connectivity index is 1.99. The molecule has 2 heterocycles. The summed E-state index contributed by atoms with van der Waals surface area (Å²) in [5, 5.41) is 9.15. The van der Waals surface area contributed by atoms with Crippen LogP contribution in [0.3, 0.4) is 0 Å². The van der Waals surface area contributed by atoms with E-state index >= 15 is 0 Å². The summed E-state index contributed by atoms with van der Waals surface area (Å²) in [4.78, 5) is 8.44. The molecule has 2 aromatic rings. The lowest BCUT2D eigenvalue weighted by atomic mass is 10.2. The summed E-state index contributed by atoms with van der Waals surface area (Å²) >= 11 is 1.62. The van der Waals surface area contributed by atoms with Gasteiger partial charge in [-0.1, -0.05) is 25.6 Å². The first-order chi connectivity index (χ1) is 8.16. The minimum Gasteiger partial charge on any atom is -0.249 e. The van der Waals surface area contributed by atoms with Crippen LogP contribution in [0, 0.1) is 5.92 Å². The molecular formula is C10H16N6S. The Morgan fingerprint density at radius 3 is 2.65 bits per heavy atom. The minimum atomic E-state index is 0.565. The maximum Gasteiger partial charge on any atom is 0.186 e. The fraction of sp³-hybridized carbons (Fsp3) is 0.600. The lowest BCUT2D eigenvalue weighted by Crippen LogP contribution is -2.09. The molecule has 0 saturated carbocycles. The third-order valence-corrected chi connectivity index (χ3v) is 3.26. The Kier molecular flexibility index (Phi) is 3.78. The lowest BCUT2D eigenvalue weighted by molar-refractivity contribution is 0.471. The van der Waals surface area contributed by atoms with Crippen molar-refractivity contribution in [3.8, 4) is 0 Å². The molecule has 0 aromatic carbocycles. The standard InChI is InChI=1S/C10H16N6S/c1-8(2)4-16-9(11-6-14-16)5-17-10-12-7-13-15(10)3/h6-8H,4-5H2,1-3H3. The van der Waals surface area contributed by atoms with Crippen LogP contribution in [-0.4, -0.2) is 29.5 Å². The molecule has 2 rings (SSSR count). The highest BCUT2D eigenvalue weighted by atomic mass is 32.2. The second-order valence-corrected chi connectivity index (χ2v) is 5.15. The van der Waals surface area contributed by atoms with Crippen molar-refractivity contribution in [2.75, 3.05) is 0 Å². The highest BCUT2D eigenvalue weighted by Gasteiger charge is 2.08. The minimum absolute atomic E-state index is 0.565. The molecule has 0 N–H and O–H groups in total. The molecule has 0 aliphatic carbocycles. The largest absolute Gasteiger partial charge is 0.249 e. The van der Waals surface area contributed by atoms with E-state index in [9.17, 15) is 0 Å². The third kappa shape index (κ3) is 3.06. The summed E-state index contributed by atoms with van der Waals surface area (Å²) in [6.07, 6.45) is 3.16.